The summed E-state index contributed by atoms with van der Waals surface area (Å²) < 4.78 is 6.01. The van der Waals surface area contributed by atoms with Crippen LogP contribution in [-0.2, 0) is 11.3 Å². The van der Waals surface area contributed by atoms with Crippen molar-refractivity contribution in [1.82, 2.24) is 15.2 Å². The van der Waals surface area contributed by atoms with Crippen molar-refractivity contribution < 1.29 is 4.74 Å². The van der Waals surface area contributed by atoms with Gasteiger partial charge in [0.2, 0.25) is 0 Å². The zero-order valence-electron chi connectivity index (χ0n) is 16.3. The van der Waals surface area contributed by atoms with E-state index >= 15 is 0 Å². The Balaban J connectivity index is 1.90. The Kier molecular flexibility index (Phi) is 8.68. The number of hydrogen-bond acceptors (Lipinski definition) is 4. The minimum Gasteiger partial charge on any atom is -0.378 e. The molecule has 0 spiro atoms. The fourth-order valence-electron chi connectivity index (χ4n) is 3.56. The normalized spacial score (nSPS) is 17.0. The van der Waals surface area contributed by atoms with Crippen LogP contribution in [0.5, 0.6) is 0 Å². The van der Waals surface area contributed by atoms with E-state index in [1.54, 1.807) is 11.3 Å². The van der Waals surface area contributed by atoms with Crippen molar-refractivity contribution in [2.45, 2.75) is 65.5 Å². The van der Waals surface area contributed by atoms with Crippen LogP contribution in [-0.4, -0.2) is 48.7 Å². The average molecular weight is 367 g/mol. The summed E-state index contributed by atoms with van der Waals surface area (Å²) in [5, 5.41) is 6.63. The highest BCUT2D eigenvalue weighted by Gasteiger charge is 2.25. The summed E-state index contributed by atoms with van der Waals surface area (Å²) in [5.74, 6) is 1.68. The molecule has 1 saturated carbocycles. The van der Waals surface area contributed by atoms with E-state index in [1.807, 2.05) is 6.92 Å². The third-order valence-electron chi connectivity index (χ3n) is 4.74. The van der Waals surface area contributed by atoms with Crippen LogP contribution >= 0.6 is 11.3 Å². The number of aromatic nitrogens is 1. The second-order valence-corrected chi connectivity index (χ2v) is 7.84. The second-order valence-electron chi connectivity index (χ2n) is 6.78. The molecule has 1 heterocycles. The van der Waals surface area contributed by atoms with Crippen LogP contribution in [0.15, 0.2) is 10.4 Å². The third kappa shape index (κ3) is 6.59. The fraction of sp³-hybridized carbons (Fsp3) is 0.789. The fourth-order valence-corrected chi connectivity index (χ4v) is 4.17. The first kappa shape index (κ1) is 20.2. The van der Waals surface area contributed by atoms with E-state index in [1.165, 1.54) is 25.7 Å². The van der Waals surface area contributed by atoms with Gasteiger partial charge in [-0.05, 0) is 46.0 Å². The Hall–Kier alpha value is -1.14. The molecule has 2 rings (SSSR count). The number of nitrogens with zero attached hydrogens (tertiary/aromatic N) is 3. The van der Waals surface area contributed by atoms with Crippen LogP contribution in [0.4, 0.5) is 0 Å². The number of guanidine groups is 1. The van der Waals surface area contributed by atoms with Crippen LogP contribution in [0.1, 0.15) is 56.7 Å². The first-order valence-corrected chi connectivity index (χ1v) is 10.5. The van der Waals surface area contributed by atoms with Gasteiger partial charge in [-0.2, -0.15) is 0 Å². The molecule has 0 amide bonds. The largest absolute Gasteiger partial charge is 0.378 e. The molecule has 0 aromatic carbocycles. The van der Waals surface area contributed by atoms with Crippen molar-refractivity contribution in [3.05, 3.63) is 16.1 Å². The van der Waals surface area contributed by atoms with E-state index in [0.717, 1.165) is 55.2 Å². The van der Waals surface area contributed by atoms with E-state index in [-0.39, 0.29) is 0 Å². The number of hydrogen-bond donors (Lipinski definition) is 1. The van der Waals surface area contributed by atoms with Gasteiger partial charge in [0.1, 0.15) is 0 Å². The van der Waals surface area contributed by atoms with E-state index in [4.69, 9.17) is 9.73 Å². The molecule has 0 saturated heterocycles. The number of thiazole rings is 1. The van der Waals surface area contributed by atoms with E-state index in [9.17, 15) is 0 Å². The standard InChI is InChI=1S/C19H34N4OS/c1-5-20-19(23(4)13-17-14-25-15(3)22-17)21-12-11-18(24-6-2)16-9-7-8-10-16/h14,16,18H,5-13H2,1-4H3,(H,20,21). The van der Waals surface area contributed by atoms with Gasteiger partial charge < -0.3 is 15.0 Å². The molecule has 5 nitrogen and oxygen atoms in total. The molecule has 1 fully saturated rings. The Morgan fingerprint density at radius 1 is 1.44 bits per heavy atom. The van der Waals surface area contributed by atoms with Crippen molar-refractivity contribution >= 4 is 17.3 Å². The van der Waals surface area contributed by atoms with Crippen molar-refractivity contribution in [3.63, 3.8) is 0 Å². The van der Waals surface area contributed by atoms with Crippen LogP contribution in [0.3, 0.4) is 0 Å². The lowest BCUT2D eigenvalue weighted by atomic mass is 9.98. The molecule has 1 aromatic rings. The third-order valence-corrected chi connectivity index (χ3v) is 5.57. The monoisotopic (exact) mass is 366 g/mol. The number of rotatable bonds is 9. The summed E-state index contributed by atoms with van der Waals surface area (Å²) in [6.07, 6.45) is 6.73. The predicted octanol–water partition coefficient (Wildman–Crippen LogP) is 3.83. The molecule has 1 aromatic heterocycles. The number of nitrogens with one attached hydrogen (secondary N) is 1. The highest BCUT2D eigenvalue weighted by Crippen LogP contribution is 2.30. The molecule has 1 aliphatic rings. The average Bonchev–Trinajstić information content (AvgIpc) is 3.25. The summed E-state index contributed by atoms with van der Waals surface area (Å²) in [7, 11) is 2.08. The van der Waals surface area contributed by atoms with Crippen molar-refractivity contribution in [2.24, 2.45) is 10.9 Å². The number of aliphatic imine (C=N–C) groups is 1. The molecule has 6 heteroatoms. The Bertz CT molecular complexity index is 525. The molecule has 1 unspecified atom stereocenters. The van der Waals surface area contributed by atoms with Crippen LogP contribution in [0.25, 0.3) is 0 Å². The summed E-state index contributed by atoms with van der Waals surface area (Å²) in [6.45, 7) is 9.52. The lowest BCUT2D eigenvalue weighted by Gasteiger charge is -2.24. The summed E-state index contributed by atoms with van der Waals surface area (Å²) in [5.41, 5.74) is 1.11. The molecule has 142 valence electrons. The van der Waals surface area contributed by atoms with Crippen LogP contribution in [0, 0.1) is 12.8 Å². The van der Waals surface area contributed by atoms with Crippen molar-refractivity contribution in [2.75, 3.05) is 26.7 Å². The quantitative estimate of drug-likeness (QED) is 0.533. The molecule has 0 bridgehead atoms. The molecule has 25 heavy (non-hydrogen) atoms. The molecule has 1 aliphatic carbocycles. The molecular formula is C19H34N4OS. The summed E-state index contributed by atoms with van der Waals surface area (Å²) in [6, 6.07) is 0. The van der Waals surface area contributed by atoms with Gasteiger partial charge in [-0.1, -0.05) is 12.8 Å². The SMILES string of the molecule is CCNC(=NCCC(OCC)C1CCCC1)N(C)Cc1csc(C)n1. The maximum atomic E-state index is 6.01. The first-order valence-electron chi connectivity index (χ1n) is 9.66. The lowest BCUT2D eigenvalue weighted by Crippen LogP contribution is -2.38. The Morgan fingerprint density at radius 3 is 2.80 bits per heavy atom. The topological polar surface area (TPSA) is 49.8 Å². The second kappa shape index (κ2) is 10.8. The van der Waals surface area contributed by atoms with Crippen LogP contribution in [0.2, 0.25) is 0 Å². The zero-order chi connectivity index (χ0) is 18.1. The van der Waals surface area contributed by atoms with E-state index in [0.29, 0.717) is 6.10 Å². The van der Waals surface area contributed by atoms with Gasteiger partial charge in [-0.3, -0.25) is 4.99 Å². The molecule has 0 radical (unpaired) electrons. The zero-order valence-corrected chi connectivity index (χ0v) is 17.1. The van der Waals surface area contributed by atoms with Gasteiger partial charge in [-0.25, -0.2) is 4.98 Å². The molecule has 0 aliphatic heterocycles. The van der Waals surface area contributed by atoms with Crippen molar-refractivity contribution in [3.8, 4) is 0 Å². The number of ether oxygens (including phenoxy) is 1. The lowest BCUT2D eigenvalue weighted by molar-refractivity contribution is 0.0177. The minimum absolute atomic E-state index is 0.366. The summed E-state index contributed by atoms with van der Waals surface area (Å²) >= 11 is 1.70. The van der Waals surface area contributed by atoms with E-state index < -0.39 is 0 Å². The first-order chi connectivity index (χ1) is 12.1. The van der Waals surface area contributed by atoms with Gasteiger partial charge in [0.05, 0.1) is 23.4 Å². The summed E-state index contributed by atoms with van der Waals surface area (Å²) in [4.78, 5) is 11.5. The van der Waals surface area contributed by atoms with Gasteiger partial charge in [0.15, 0.2) is 5.96 Å². The van der Waals surface area contributed by atoms with Crippen molar-refractivity contribution in [1.29, 1.82) is 0 Å². The number of aryl methyl sites for hydroxylation is 1. The highest BCUT2D eigenvalue weighted by atomic mass is 32.1. The van der Waals surface area contributed by atoms with Gasteiger partial charge in [0.25, 0.3) is 0 Å². The smallest absolute Gasteiger partial charge is 0.194 e. The van der Waals surface area contributed by atoms with Gasteiger partial charge in [0, 0.05) is 32.1 Å². The highest BCUT2D eigenvalue weighted by molar-refractivity contribution is 7.09. The maximum Gasteiger partial charge on any atom is 0.194 e. The Labute approximate surface area is 156 Å². The maximum absolute atomic E-state index is 6.01. The van der Waals surface area contributed by atoms with Crippen LogP contribution < -0.4 is 5.32 Å². The van der Waals surface area contributed by atoms with Gasteiger partial charge >= 0.3 is 0 Å². The minimum atomic E-state index is 0.366. The van der Waals surface area contributed by atoms with E-state index in [2.05, 4.69) is 41.5 Å². The molecular weight excluding hydrogens is 332 g/mol. The Morgan fingerprint density at radius 2 is 2.20 bits per heavy atom. The molecule has 1 atom stereocenters. The predicted molar refractivity (Wildman–Crippen MR) is 106 cm³/mol. The van der Waals surface area contributed by atoms with Gasteiger partial charge in [-0.15, -0.1) is 11.3 Å². The molecule has 1 N–H and O–H groups in total.